The van der Waals surface area contributed by atoms with Crippen molar-refractivity contribution in [2.45, 2.75) is 6.55 Å². The Morgan fingerprint density at radius 3 is 1.33 bits per heavy atom. The molecule has 0 aliphatic rings. The van der Waals surface area contributed by atoms with Crippen molar-refractivity contribution in [1.82, 2.24) is 0 Å². The molecule has 3 rings (SSSR count). The van der Waals surface area contributed by atoms with E-state index >= 15 is 0 Å². The average Bonchev–Trinajstić information content (AvgIpc) is 2.67. The van der Waals surface area contributed by atoms with Crippen LogP contribution in [0.1, 0.15) is 11.1 Å². The van der Waals surface area contributed by atoms with Crippen LogP contribution in [0, 0.1) is 22.9 Å². The molecule has 0 bridgehead atoms. The molecule has 0 aliphatic carbocycles. The maximum atomic E-state index is 3.51. The van der Waals surface area contributed by atoms with Crippen LogP contribution in [-0.4, -0.2) is 8.07 Å². The van der Waals surface area contributed by atoms with Gasteiger partial charge >= 0.3 is 0 Å². The molecule has 0 nitrogen and oxygen atoms in total. The summed E-state index contributed by atoms with van der Waals surface area (Å²) in [6.07, 6.45) is 0. The van der Waals surface area contributed by atoms with E-state index in [0.717, 1.165) is 11.1 Å². The number of rotatable bonds is 1. The molecule has 0 spiro atoms. The Hall–Kier alpha value is -3.00. The van der Waals surface area contributed by atoms with Crippen LogP contribution < -0.4 is 5.19 Å². The third kappa shape index (κ3) is 4.05. The summed E-state index contributed by atoms with van der Waals surface area (Å²) in [7, 11) is -2.21. The van der Waals surface area contributed by atoms with Gasteiger partial charge < -0.3 is 0 Å². The second-order valence-electron chi connectivity index (χ2n) is 5.72. The van der Waals surface area contributed by atoms with E-state index in [-0.39, 0.29) is 0 Å². The van der Waals surface area contributed by atoms with Crippen LogP contribution in [0.2, 0.25) is 6.55 Å². The molecule has 0 saturated carbocycles. The van der Waals surface area contributed by atoms with Gasteiger partial charge in [0.2, 0.25) is 8.07 Å². The highest BCUT2D eigenvalue weighted by molar-refractivity contribution is 7.03. The fourth-order valence-corrected chi connectivity index (χ4v) is 4.38. The minimum absolute atomic E-state index is 1.04. The summed E-state index contributed by atoms with van der Waals surface area (Å²) < 4.78 is 0. The van der Waals surface area contributed by atoms with Crippen LogP contribution in [0.5, 0.6) is 0 Å². The molecule has 0 radical (unpaired) electrons. The van der Waals surface area contributed by atoms with Crippen molar-refractivity contribution in [1.29, 1.82) is 0 Å². The Bertz CT molecular complexity index is 848. The predicted molar refractivity (Wildman–Crippen MR) is 104 cm³/mol. The first kappa shape index (κ1) is 15.9. The van der Waals surface area contributed by atoms with Crippen molar-refractivity contribution in [3.05, 3.63) is 102 Å². The fraction of sp³-hybridized carbons (Fsp3) is 0.0435. The van der Waals surface area contributed by atoms with E-state index in [4.69, 9.17) is 0 Å². The predicted octanol–water partition coefficient (Wildman–Crippen LogP) is 4.15. The van der Waals surface area contributed by atoms with E-state index < -0.39 is 8.07 Å². The molecule has 0 atom stereocenters. The summed E-state index contributed by atoms with van der Waals surface area (Å²) >= 11 is 0. The quantitative estimate of drug-likeness (QED) is 0.466. The zero-order chi connectivity index (χ0) is 16.7. The molecule has 0 N–H and O–H groups in total. The molecular formula is C23H18Si. The lowest BCUT2D eigenvalue weighted by atomic mass is 10.2. The highest BCUT2D eigenvalue weighted by atomic mass is 28.3. The van der Waals surface area contributed by atoms with Gasteiger partial charge in [0.1, 0.15) is 0 Å². The van der Waals surface area contributed by atoms with Gasteiger partial charge in [-0.2, -0.15) is 0 Å². The van der Waals surface area contributed by atoms with Gasteiger partial charge in [-0.3, -0.25) is 0 Å². The summed E-state index contributed by atoms with van der Waals surface area (Å²) in [5.41, 5.74) is 9.10. The maximum absolute atomic E-state index is 3.51. The van der Waals surface area contributed by atoms with E-state index in [1.165, 1.54) is 5.19 Å². The first-order valence-electron chi connectivity index (χ1n) is 7.98. The molecule has 0 fully saturated rings. The fourth-order valence-electron chi connectivity index (χ4n) is 2.38. The number of hydrogen-bond acceptors (Lipinski definition) is 0. The largest absolute Gasteiger partial charge is 0.244 e. The monoisotopic (exact) mass is 322 g/mol. The Labute approximate surface area is 145 Å². The van der Waals surface area contributed by atoms with Gasteiger partial charge in [0.15, 0.2) is 0 Å². The Balaban J connectivity index is 2.03. The third-order valence-electron chi connectivity index (χ3n) is 3.81. The molecule has 24 heavy (non-hydrogen) atoms. The lowest BCUT2D eigenvalue weighted by molar-refractivity contribution is 1.65. The van der Waals surface area contributed by atoms with Gasteiger partial charge in [0.25, 0.3) is 0 Å². The highest BCUT2D eigenvalue weighted by Crippen LogP contribution is 2.05. The first-order chi connectivity index (χ1) is 11.8. The van der Waals surface area contributed by atoms with Crippen molar-refractivity contribution in [3.63, 3.8) is 0 Å². The molecule has 0 aliphatic heterocycles. The van der Waals surface area contributed by atoms with E-state index in [9.17, 15) is 0 Å². The smallest absolute Gasteiger partial charge is 0.105 e. The van der Waals surface area contributed by atoms with E-state index in [1.807, 2.05) is 66.7 Å². The normalized spacial score (nSPS) is 10.0. The lowest BCUT2D eigenvalue weighted by Crippen LogP contribution is -2.42. The summed E-state index contributed by atoms with van der Waals surface area (Å²) in [6, 6.07) is 30.7. The lowest BCUT2D eigenvalue weighted by Gasteiger charge is -2.14. The Kier molecular flexibility index (Phi) is 4.97. The molecule has 1 heteroatoms. The van der Waals surface area contributed by atoms with Gasteiger partial charge in [0, 0.05) is 11.1 Å². The molecule has 3 aromatic carbocycles. The van der Waals surface area contributed by atoms with E-state index in [1.54, 1.807) is 0 Å². The zero-order valence-corrected chi connectivity index (χ0v) is 14.7. The second kappa shape index (κ2) is 7.51. The Morgan fingerprint density at radius 1 is 0.542 bits per heavy atom. The maximum Gasteiger partial charge on any atom is 0.244 e. The van der Waals surface area contributed by atoms with Gasteiger partial charge in [-0.25, -0.2) is 0 Å². The molecule has 0 heterocycles. The van der Waals surface area contributed by atoms with E-state index in [0.29, 0.717) is 0 Å². The standard InChI is InChI=1S/C23H18Si/c1-24(23-15-9-4-10-16-23,19-17-21-11-5-2-6-12-21)20-18-22-13-7-3-8-14-22/h2-16H,1H3. The topological polar surface area (TPSA) is 0 Å². The summed E-state index contributed by atoms with van der Waals surface area (Å²) in [4.78, 5) is 0. The molecule has 3 aromatic rings. The molecule has 114 valence electrons. The van der Waals surface area contributed by atoms with Gasteiger partial charge in [-0.1, -0.05) is 78.6 Å². The van der Waals surface area contributed by atoms with Crippen LogP contribution in [0.25, 0.3) is 0 Å². The van der Waals surface area contributed by atoms with E-state index in [2.05, 4.69) is 53.7 Å². The van der Waals surface area contributed by atoms with Crippen LogP contribution >= 0.6 is 0 Å². The van der Waals surface area contributed by atoms with Crippen LogP contribution in [-0.2, 0) is 0 Å². The highest BCUT2D eigenvalue weighted by Gasteiger charge is 2.25. The van der Waals surface area contributed by atoms with Crippen LogP contribution in [0.15, 0.2) is 91.0 Å². The van der Waals surface area contributed by atoms with Crippen molar-refractivity contribution in [3.8, 4) is 22.9 Å². The van der Waals surface area contributed by atoms with Crippen molar-refractivity contribution in [2.75, 3.05) is 0 Å². The number of hydrogen-bond donors (Lipinski definition) is 0. The zero-order valence-electron chi connectivity index (χ0n) is 13.7. The van der Waals surface area contributed by atoms with Gasteiger partial charge in [-0.05, 0) is 36.0 Å². The third-order valence-corrected chi connectivity index (χ3v) is 6.55. The summed E-state index contributed by atoms with van der Waals surface area (Å²) in [5, 5.41) is 1.25. The first-order valence-corrected chi connectivity index (χ1v) is 10.5. The van der Waals surface area contributed by atoms with Gasteiger partial charge in [-0.15, -0.1) is 11.1 Å². The minimum atomic E-state index is -2.21. The minimum Gasteiger partial charge on any atom is -0.105 e. The average molecular weight is 322 g/mol. The molecule has 0 saturated heterocycles. The van der Waals surface area contributed by atoms with Crippen LogP contribution in [0.3, 0.4) is 0 Å². The van der Waals surface area contributed by atoms with Crippen LogP contribution in [0.4, 0.5) is 0 Å². The SMILES string of the molecule is C[Si](C#Cc1ccccc1)(C#Cc1ccccc1)c1ccccc1. The summed E-state index contributed by atoms with van der Waals surface area (Å²) in [5.74, 6) is 6.66. The molecular weight excluding hydrogens is 304 g/mol. The molecule has 0 aromatic heterocycles. The molecule has 0 unspecified atom stereocenters. The van der Waals surface area contributed by atoms with Gasteiger partial charge in [0.05, 0.1) is 0 Å². The van der Waals surface area contributed by atoms with Crippen molar-refractivity contribution < 1.29 is 0 Å². The summed E-state index contributed by atoms with van der Waals surface area (Å²) in [6.45, 7) is 2.22. The Morgan fingerprint density at radius 2 is 0.917 bits per heavy atom. The molecule has 0 amide bonds. The number of benzene rings is 3. The van der Waals surface area contributed by atoms with Crippen molar-refractivity contribution in [2.24, 2.45) is 0 Å². The second-order valence-corrected chi connectivity index (χ2v) is 9.05. The van der Waals surface area contributed by atoms with Crippen molar-refractivity contribution >= 4 is 13.3 Å².